The molecule has 3 rings (SSSR count). The average molecular weight is 420 g/mol. The van der Waals surface area contributed by atoms with Crippen molar-refractivity contribution < 1.29 is 4.79 Å². The number of fused-ring (bicyclic) bond motifs is 1. The molecule has 0 saturated heterocycles. The second kappa shape index (κ2) is 7.17. The molecule has 0 aliphatic carbocycles. The lowest BCUT2D eigenvalue weighted by atomic mass is 10.2. The normalized spacial score (nSPS) is 11.2. The number of nitrogens with one attached hydrogen (secondary N) is 1. The maximum absolute atomic E-state index is 12.7. The van der Waals surface area contributed by atoms with Crippen LogP contribution < -0.4 is 5.56 Å². The van der Waals surface area contributed by atoms with Gasteiger partial charge >= 0.3 is 0 Å². The molecule has 1 aromatic carbocycles. The Balaban J connectivity index is 1.93. The third-order valence-electron chi connectivity index (χ3n) is 3.98. The first-order chi connectivity index (χ1) is 11.9. The summed E-state index contributed by atoms with van der Waals surface area (Å²) in [6.07, 6.45) is 0. The van der Waals surface area contributed by atoms with E-state index in [1.807, 2.05) is 39.0 Å². The smallest absolute Gasteiger partial charge is 0.262 e. The SMILES string of the molecule is CCn1c(SCC(=O)c2cc(C)[nH]c2C)nc2ccc(Br)cc2c1=O. The van der Waals surface area contributed by atoms with Crippen molar-refractivity contribution in [1.29, 1.82) is 0 Å². The molecule has 3 aromatic rings. The Morgan fingerprint density at radius 2 is 2.08 bits per heavy atom. The maximum Gasteiger partial charge on any atom is 0.262 e. The summed E-state index contributed by atoms with van der Waals surface area (Å²) in [4.78, 5) is 32.9. The quantitative estimate of drug-likeness (QED) is 0.384. The maximum atomic E-state index is 12.7. The molecule has 0 unspecified atom stereocenters. The van der Waals surface area contributed by atoms with Crippen LogP contribution >= 0.6 is 27.7 Å². The molecule has 1 N–H and O–H groups in total. The van der Waals surface area contributed by atoms with Gasteiger partial charge in [-0.15, -0.1) is 0 Å². The van der Waals surface area contributed by atoms with E-state index >= 15 is 0 Å². The summed E-state index contributed by atoms with van der Waals surface area (Å²) in [5.74, 6) is 0.270. The Morgan fingerprint density at radius 1 is 1.32 bits per heavy atom. The summed E-state index contributed by atoms with van der Waals surface area (Å²) in [5.41, 5.74) is 3.08. The Hall–Kier alpha value is -1.86. The first kappa shape index (κ1) is 17.9. The standard InChI is InChI=1S/C18H18BrN3O2S/c1-4-22-17(24)14-8-12(19)5-6-15(14)21-18(22)25-9-16(23)13-7-10(2)20-11(13)3/h5-8,20H,4,9H2,1-3H3. The second-order valence-corrected chi connectivity index (χ2v) is 7.67. The van der Waals surface area contributed by atoms with Crippen LogP contribution in [0.15, 0.2) is 38.7 Å². The van der Waals surface area contributed by atoms with Crippen LogP contribution in [0.1, 0.15) is 28.7 Å². The number of aromatic amines is 1. The molecule has 2 heterocycles. The Morgan fingerprint density at radius 3 is 2.72 bits per heavy atom. The van der Waals surface area contributed by atoms with E-state index in [1.165, 1.54) is 11.8 Å². The lowest BCUT2D eigenvalue weighted by molar-refractivity contribution is 0.102. The van der Waals surface area contributed by atoms with Crippen LogP contribution in [-0.4, -0.2) is 26.1 Å². The number of hydrogen-bond donors (Lipinski definition) is 1. The summed E-state index contributed by atoms with van der Waals surface area (Å²) in [5, 5.41) is 1.14. The van der Waals surface area contributed by atoms with Crippen molar-refractivity contribution in [3.8, 4) is 0 Å². The number of benzene rings is 1. The minimum atomic E-state index is -0.0857. The lowest BCUT2D eigenvalue weighted by Crippen LogP contribution is -2.23. The highest BCUT2D eigenvalue weighted by Gasteiger charge is 2.15. The minimum Gasteiger partial charge on any atom is -0.362 e. The third kappa shape index (κ3) is 3.57. The summed E-state index contributed by atoms with van der Waals surface area (Å²) >= 11 is 4.69. The summed E-state index contributed by atoms with van der Waals surface area (Å²) in [6.45, 7) is 6.22. The zero-order valence-corrected chi connectivity index (χ0v) is 16.6. The number of aryl methyl sites for hydroxylation is 2. The van der Waals surface area contributed by atoms with Crippen LogP contribution in [0, 0.1) is 13.8 Å². The van der Waals surface area contributed by atoms with Gasteiger partial charge in [0.2, 0.25) is 0 Å². The largest absolute Gasteiger partial charge is 0.362 e. The number of rotatable bonds is 5. The number of Topliss-reactive ketones (excluding diaryl/α,β-unsaturated/α-hetero) is 1. The topological polar surface area (TPSA) is 67.8 Å². The Labute approximate surface area is 158 Å². The molecule has 25 heavy (non-hydrogen) atoms. The number of hydrogen-bond acceptors (Lipinski definition) is 4. The third-order valence-corrected chi connectivity index (χ3v) is 5.45. The molecule has 0 spiro atoms. The fraction of sp³-hybridized carbons (Fsp3) is 0.278. The number of carbonyl (C=O) groups is 1. The van der Waals surface area contributed by atoms with Crippen LogP contribution in [0.5, 0.6) is 0 Å². The van der Waals surface area contributed by atoms with Gasteiger partial charge in [0.05, 0.1) is 16.7 Å². The van der Waals surface area contributed by atoms with Gasteiger partial charge in [0.25, 0.3) is 5.56 Å². The lowest BCUT2D eigenvalue weighted by Gasteiger charge is -2.11. The molecule has 0 atom stereocenters. The highest BCUT2D eigenvalue weighted by molar-refractivity contribution is 9.10. The van der Waals surface area contributed by atoms with Crippen molar-refractivity contribution in [1.82, 2.24) is 14.5 Å². The number of H-pyrrole nitrogens is 1. The Kier molecular flexibility index (Phi) is 5.15. The molecular weight excluding hydrogens is 402 g/mol. The van der Waals surface area contributed by atoms with Gasteiger partial charge < -0.3 is 4.98 Å². The van der Waals surface area contributed by atoms with Crippen molar-refractivity contribution in [2.24, 2.45) is 0 Å². The van der Waals surface area contributed by atoms with E-state index in [0.717, 1.165) is 15.9 Å². The van der Waals surface area contributed by atoms with Gasteiger partial charge in [-0.3, -0.25) is 14.2 Å². The zero-order chi connectivity index (χ0) is 18.1. The summed E-state index contributed by atoms with van der Waals surface area (Å²) in [6, 6.07) is 7.31. The van der Waals surface area contributed by atoms with Crippen LogP contribution in [0.25, 0.3) is 10.9 Å². The van der Waals surface area contributed by atoms with E-state index in [1.54, 1.807) is 10.6 Å². The van der Waals surface area contributed by atoms with Gasteiger partial charge in [-0.05, 0) is 45.0 Å². The van der Waals surface area contributed by atoms with E-state index in [-0.39, 0.29) is 17.1 Å². The highest BCUT2D eigenvalue weighted by Crippen LogP contribution is 2.22. The van der Waals surface area contributed by atoms with Crippen molar-refractivity contribution in [2.75, 3.05) is 5.75 Å². The zero-order valence-electron chi connectivity index (χ0n) is 14.2. The first-order valence-corrected chi connectivity index (χ1v) is 9.71. The van der Waals surface area contributed by atoms with E-state index < -0.39 is 0 Å². The highest BCUT2D eigenvalue weighted by atomic mass is 79.9. The van der Waals surface area contributed by atoms with Gasteiger partial charge in [-0.25, -0.2) is 4.98 Å². The fourth-order valence-electron chi connectivity index (χ4n) is 2.78. The minimum absolute atomic E-state index is 0.0275. The number of aromatic nitrogens is 3. The monoisotopic (exact) mass is 419 g/mol. The van der Waals surface area contributed by atoms with Gasteiger partial charge in [0.1, 0.15) is 0 Å². The molecule has 5 nitrogen and oxygen atoms in total. The van der Waals surface area contributed by atoms with E-state index in [9.17, 15) is 9.59 Å². The predicted octanol–water partition coefficient (Wildman–Crippen LogP) is 4.10. The molecule has 0 saturated carbocycles. The van der Waals surface area contributed by atoms with Gasteiger partial charge in [0.15, 0.2) is 10.9 Å². The van der Waals surface area contributed by atoms with Crippen LogP contribution in [-0.2, 0) is 6.54 Å². The van der Waals surface area contributed by atoms with Gasteiger partial charge in [0, 0.05) is 28.0 Å². The molecule has 0 radical (unpaired) electrons. The molecule has 130 valence electrons. The van der Waals surface area contributed by atoms with Crippen molar-refractivity contribution in [3.05, 3.63) is 56.0 Å². The van der Waals surface area contributed by atoms with Crippen LogP contribution in [0.4, 0.5) is 0 Å². The second-order valence-electron chi connectivity index (χ2n) is 5.81. The van der Waals surface area contributed by atoms with Gasteiger partial charge in [-0.2, -0.15) is 0 Å². The first-order valence-electron chi connectivity index (χ1n) is 7.93. The fourth-order valence-corrected chi connectivity index (χ4v) is 4.09. The number of thioether (sulfide) groups is 1. The Bertz CT molecular complexity index is 1020. The molecule has 0 amide bonds. The number of carbonyl (C=O) groups excluding carboxylic acids is 1. The molecule has 0 aliphatic rings. The molecule has 0 fully saturated rings. The number of ketones is 1. The molecule has 2 aromatic heterocycles. The van der Waals surface area contributed by atoms with Crippen LogP contribution in [0.3, 0.4) is 0 Å². The summed E-state index contributed by atoms with van der Waals surface area (Å²) < 4.78 is 2.46. The summed E-state index contributed by atoms with van der Waals surface area (Å²) in [7, 11) is 0. The average Bonchev–Trinajstić information content (AvgIpc) is 2.92. The van der Waals surface area contributed by atoms with Crippen molar-refractivity contribution in [3.63, 3.8) is 0 Å². The molecule has 0 aliphatic heterocycles. The number of halogens is 1. The number of nitrogens with zero attached hydrogens (tertiary/aromatic N) is 2. The molecule has 0 bridgehead atoms. The predicted molar refractivity (Wildman–Crippen MR) is 105 cm³/mol. The van der Waals surface area contributed by atoms with E-state index in [2.05, 4.69) is 25.9 Å². The van der Waals surface area contributed by atoms with Crippen LogP contribution in [0.2, 0.25) is 0 Å². The van der Waals surface area contributed by atoms with Crippen molar-refractivity contribution in [2.45, 2.75) is 32.5 Å². The molecular formula is C18H18BrN3O2S. The molecule has 7 heteroatoms. The van der Waals surface area contributed by atoms with Gasteiger partial charge in [-0.1, -0.05) is 27.7 Å². The van der Waals surface area contributed by atoms with E-state index in [4.69, 9.17) is 0 Å². The van der Waals surface area contributed by atoms with Crippen molar-refractivity contribution >= 4 is 44.4 Å². The van der Waals surface area contributed by atoms with E-state index in [0.29, 0.717) is 28.2 Å².